The molecule has 144 valence electrons. The Morgan fingerprint density at radius 3 is 2.69 bits per heavy atom. The number of aliphatic imine (C=N–C) groups is 1. The Bertz CT molecular complexity index is 577. The molecule has 0 spiro atoms. The van der Waals surface area contributed by atoms with Crippen molar-refractivity contribution in [1.82, 2.24) is 15.2 Å². The maximum Gasteiger partial charge on any atom is 0.194 e. The number of hydrogen-bond donors (Lipinski definition) is 1. The molecule has 0 amide bonds. The fourth-order valence-corrected chi connectivity index (χ4v) is 3.74. The SMILES string of the molecule is CCNC(=NCc1ccnc(N2CCCC2)c1)N1CCC(OCC)CC1. The third kappa shape index (κ3) is 5.10. The summed E-state index contributed by atoms with van der Waals surface area (Å²) in [6.45, 7) is 10.8. The molecule has 1 aromatic rings. The van der Waals surface area contributed by atoms with Crippen molar-refractivity contribution in [1.29, 1.82) is 0 Å². The van der Waals surface area contributed by atoms with E-state index in [1.165, 1.54) is 18.4 Å². The molecule has 0 radical (unpaired) electrons. The molecule has 2 saturated heterocycles. The lowest BCUT2D eigenvalue weighted by Gasteiger charge is -2.34. The summed E-state index contributed by atoms with van der Waals surface area (Å²) < 4.78 is 5.76. The summed E-state index contributed by atoms with van der Waals surface area (Å²) in [5.74, 6) is 2.11. The molecule has 1 N–H and O–H groups in total. The zero-order valence-electron chi connectivity index (χ0n) is 16.3. The van der Waals surface area contributed by atoms with Gasteiger partial charge in [-0.3, -0.25) is 0 Å². The zero-order valence-corrected chi connectivity index (χ0v) is 16.3. The van der Waals surface area contributed by atoms with E-state index in [-0.39, 0.29) is 0 Å². The minimum atomic E-state index is 0.405. The highest BCUT2D eigenvalue weighted by Crippen LogP contribution is 2.19. The number of piperidine rings is 1. The monoisotopic (exact) mass is 359 g/mol. The van der Waals surface area contributed by atoms with Crippen molar-refractivity contribution in [3.63, 3.8) is 0 Å². The van der Waals surface area contributed by atoms with E-state index in [2.05, 4.69) is 46.1 Å². The van der Waals surface area contributed by atoms with E-state index in [0.717, 1.165) is 63.9 Å². The van der Waals surface area contributed by atoms with Crippen LogP contribution in [0.1, 0.15) is 45.1 Å². The lowest BCUT2D eigenvalue weighted by molar-refractivity contribution is 0.0263. The molecule has 3 rings (SSSR count). The highest BCUT2D eigenvalue weighted by Gasteiger charge is 2.21. The Labute approximate surface area is 157 Å². The van der Waals surface area contributed by atoms with Crippen LogP contribution >= 0.6 is 0 Å². The van der Waals surface area contributed by atoms with Gasteiger partial charge >= 0.3 is 0 Å². The quantitative estimate of drug-likeness (QED) is 0.625. The molecule has 6 nitrogen and oxygen atoms in total. The van der Waals surface area contributed by atoms with Crippen LogP contribution in [0.15, 0.2) is 23.3 Å². The van der Waals surface area contributed by atoms with Gasteiger partial charge in [0.05, 0.1) is 12.6 Å². The van der Waals surface area contributed by atoms with Crippen LogP contribution in [0.4, 0.5) is 5.82 Å². The Balaban J connectivity index is 1.61. The average Bonchev–Trinajstić information content (AvgIpc) is 3.21. The van der Waals surface area contributed by atoms with Gasteiger partial charge in [-0.15, -0.1) is 0 Å². The summed E-state index contributed by atoms with van der Waals surface area (Å²) in [6.07, 6.45) is 7.01. The standard InChI is InChI=1S/C20H33N5O/c1-3-21-20(25-13-8-18(9-14-25)26-4-2)23-16-17-7-10-22-19(15-17)24-11-5-6-12-24/h7,10,15,18H,3-6,8-9,11-14,16H2,1-2H3,(H,21,23). The van der Waals surface area contributed by atoms with Gasteiger partial charge < -0.3 is 19.9 Å². The van der Waals surface area contributed by atoms with Crippen LogP contribution in [0, 0.1) is 0 Å². The summed E-state index contributed by atoms with van der Waals surface area (Å²) in [5.41, 5.74) is 1.22. The normalized spacial score (nSPS) is 19.2. The molecule has 2 fully saturated rings. The second-order valence-electron chi connectivity index (χ2n) is 7.03. The lowest BCUT2D eigenvalue weighted by atomic mass is 10.1. The highest BCUT2D eigenvalue weighted by atomic mass is 16.5. The first kappa shape index (κ1) is 19.0. The number of likely N-dealkylation sites (tertiary alicyclic amines) is 1. The molecule has 26 heavy (non-hydrogen) atoms. The number of aromatic nitrogens is 1. The molecule has 2 aliphatic heterocycles. The summed E-state index contributed by atoms with van der Waals surface area (Å²) >= 11 is 0. The van der Waals surface area contributed by atoms with Crippen LogP contribution in [0.5, 0.6) is 0 Å². The Kier molecular flexibility index (Phi) is 7.12. The molecule has 0 atom stereocenters. The number of rotatable bonds is 6. The summed E-state index contributed by atoms with van der Waals surface area (Å²) in [6, 6.07) is 4.27. The van der Waals surface area contributed by atoms with Gasteiger partial charge in [0, 0.05) is 45.5 Å². The molecule has 1 aromatic heterocycles. The van der Waals surface area contributed by atoms with E-state index in [4.69, 9.17) is 9.73 Å². The van der Waals surface area contributed by atoms with E-state index < -0.39 is 0 Å². The van der Waals surface area contributed by atoms with Gasteiger partial charge in [0.1, 0.15) is 5.82 Å². The topological polar surface area (TPSA) is 53.0 Å². The molecule has 6 heteroatoms. The highest BCUT2D eigenvalue weighted by molar-refractivity contribution is 5.80. The number of nitrogens with zero attached hydrogens (tertiary/aromatic N) is 4. The fourth-order valence-electron chi connectivity index (χ4n) is 3.74. The van der Waals surface area contributed by atoms with E-state index in [9.17, 15) is 0 Å². The third-order valence-electron chi connectivity index (χ3n) is 5.13. The van der Waals surface area contributed by atoms with Crippen LogP contribution in [0.2, 0.25) is 0 Å². The van der Waals surface area contributed by atoms with E-state index >= 15 is 0 Å². The molecular weight excluding hydrogens is 326 g/mol. The number of guanidine groups is 1. The second-order valence-corrected chi connectivity index (χ2v) is 7.03. The van der Waals surface area contributed by atoms with Gasteiger partial charge in [0.15, 0.2) is 5.96 Å². The number of nitrogens with one attached hydrogen (secondary N) is 1. The maximum atomic E-state index is 5.76. The Hall–Kier alpha value is -1.82. The van der Waals surface area contributed by atoms with Crippen LogP contribution in [0.25, 0.3) is 0 Å². The zero-order chi connectivity index (χ0) is 18.2. The van der Waals surface area contributed by atoms with Crippen molar-refractivity contribution >= 4 is 11.8 Å². The van der Waals surface area contributed by atoms with Crippen molar-refractivity contribution in [3.8, 4) is 0 Å². The summed E-state index contributed by atoms with van der Waals surface area (Å²) in [4.78, 5) is 14.2. The molecule has 3 heterocycles. The smallest absolute Gasteiger partial charge is 0.194 e. The van der Waals surface area contributed by atoms with Crippen molar-refractivity contribution in [2.45, 2.75) is 52.2 Å². The van der Waals surface area contributed by atoms with Crippen molar-refractivity contribution in [3.05, 3.63) is 23.9 Å². The molecule has 0 saturated carbocycles. The van der Waals surface area contributed by atoms with Gasteiger partial charge in [-0.05, 0) is 57.2 Å². The minimum Gasteiger partial charge on any atom is -0.378 e. The molecule has 0 aromatic carbocycles. The van der Waals surface area contributed by atoms with Gasteiger partial charge in [0.25, 0.3) is 0 Å². The second kappa shape index (κ2) is 9.76. The molecule has 0 aliphatic carbocycles. The van der Waals surface area contributed by atoms with Gasteiger partial charge in [-0.2, -0.15) is 0 Å². The van der Waals surface area contributed by atoms with Crippen LogP contribution in [-0.4, -0.2) is 61.3 Å². The van der Waals surface area contributed by atoms with Crippen molar-refractivity contribution in [2.75, 3.05) is 44.2 Å². The Morgan fingerprint density at radius 1 is 1.23 bits per heavy atom. The molecule has 0 bridgehead atoms. The molecular formula is C20H33N5O. The summed E-state index contributed by atoms with van der Waals surface area (Å²) in [5, 5.41) is 3.45. The van der Waals surface area contributed by atoms with E-state index in [1.54, 1.807) is 0 Å². The van der Waals surface area contributed by atoms with Crippen LogP contribution in [0.3, 0.4) is 0 Å². The van der Waals surface area contributed by atoms with Crippen LogP contribution < -0.4 is 10.2 Å². The van der Waals surface area contributed by atoms with Crippen molar-refractivity contribution < 1.29 is 4.74 Å². The first-order chi connectivity index (χ1) is 12.8. The number of anilines is 1. The number of ether oxygens (including phenoxy) is 1. The largest absolute Gasteiger partial charge is 0.378 e. The molecule has 0 unspecified atom stereocenters. The van der Waals surface area contributed by atoms with Crippen molar-refractivity contribution in [2.24, 2.45) is 4.99 Å². The van der Waals surface area contributed by atoms with Gasteiger partial charge in [-0.25, -0.2) is 9.98 Å². The lowest BCUT2D eigenvalue weighted by Crippen LogP contribution is -2.47. The predicted molar refractivity (Wildman–Crippen MR) is 107 cm³/mol. The third-order valence-corrected chi connectivity index (χ3v) is 5.13. The summed E-state index contributed by atoms with van der Waals surface area (Å²) in [7, 11) is 0. The maximum absolute atomic E-state index is 5.76. The van der Waals surface area contributed by atoms with Gasteiger partial charge in [0.2, 0.25) is 0 Å². The fraction of sp³-hybridized carbons (Fsp3) is 0.700. The predicted octanol–water partition coefficient (Wildman–Crippen LogP) is 2.65. The Morgan fingerprint density at radius 2 is 2.00 bits per heavy atom. The van der Waals surface area contributed by atoms with E-state index in [1.807, 2.05) is 6.20 Å². The minimum absolute atomic E-state index is 0.405. The van der Waals surface area contributed by atoms with Gasteiger partial charge in [-0.1, -0.05) is 0 Å². The average molecular weight is 360 g/mol. The number of hydrogen-bond acceptors (Lipinski definition) is 4. The first-order valence-electron chi connectivity index (χ1n) is 10.1. The number of pyridine rings is 1. The van der Waals surface area contributed by atoms with E-state index in [0.29, 0.717) is 12.6 Å². The first-order valence-corrected chi connectivity index (χ1v) is 10.1. The van der Waals surface area contributed by atoms with Crippen LogP contribution in [-0.2, 0) is 11.3 Å². The molecule has 2 aliphatic rings.